The first-order valence-corrected chi connectivity index (χ1v) is 10.9. The van der Waals surface area contributed by atoms with Crippen LogP contribution in [0.1, 0.15) is 51.5 Å². The zero-order chi connectivity index (χ0) is 20.9. The second kappa shape index (κ2) is 9.39. The maximum absolute atomic E-state index is 12.8. The number of para-hydroxylation sites is 1. The minimum atomic E-state index is -4.25. The summed E-state index contributed by atoms with van der Waals surface area (Å²) in [6, 6.07) is 10.3. The smallest absolute Gasteiger partial charge is 0.339 e. The molecule has 0 aliphatic carbocycles. The molecule has 2 aromatic rings. The van der Waals surface area contributed by atoms with Gasteiger partial charge in [-0.1, -0.05) is 57.0 Å². The maximum atomic E-state index is 12.8. The molecule has 8 heteroatoms. The molecule has 1 unspecified atom stereocenters. The molecule has 0 radical (unpaired) electrons. The Hall–Kier alpha value is -2.12. The van der Waals surface area contributed by atoms with Gasteiger partial charge in [-0.3, -0.25) is 10.1 Å². The first-order valence-electron chi connectivity index (χ1n) is 9.13. The summed E-state index contributed by atoms with van der Waals surface area (Å²) in [6.45, 7) is 6.33. The molecule has 0 amide bonds. The lowest BCUT2D eigenvalue weighted by atomic mass is 9.86. The quantitative estimate of drug-likeness (QED) is 0.281. The van der Waals surface area contributed by atoms with Gasteiger partial charge < -0.3 is 4.18 Å². The van der Waals surface area contributed by atoms with Crippen LogP contribution in [0.5, 0.6) is 5.75 Å². The first-order chi connectivity index (χ1) is 13.2. The zero-order valence-electron chi connectivity index (χ0n) is 16.1. The number of rotatable bonds is 9. The van der Waals surface area contributed by atoms with E-state index in [2.05, 4.69) is 20.8 Å². The molecule has 0 saturated carbocycles. The number of halogens is 1. The molecular weight excluding hydrogens is 402 g/mol. The lowest BCUT2D eigenvalue weighted by molar-refractivity contribution is -0.384. The van der Waals surface area contributed by atoms with Crippen LogP contribution in [0.3, 0.4) is 0 Å². The highest BCUT2D eigenvalue weighted by atomic mass is 35.5. The van der Waals surface area contributed by atoms with Gasteiger partial charge in [-0.05, 0) is 48.4 Å². The predicted molar refractivity (Wildman–Crippen MR) is 109 cm³/mol. The molecule has 0 fully saturated rings. The second-order valence-electron chi connectivity index (χ2n) is 7.06. The van der Waals surface area contributed by atoms with Gasteiger partial charge in [-0.2, -0.15) is 8.42 Å². The molecule has 0 aliphatic heterocycles. The average molecular weight is 426 g/mol. The van der Waals surface area contributed by atoms with Crippen LogP contribution in [0.4, 0.5) is 5.69 Å². The van der Waals surface area contributed by atoms with Gasteiger partial charge in [0, 0.05) is 6.07 Å². The molecule has 2 rings (SSSR count). The number of hydrogen-bond acceptors (Lipinski definition) is 5. The van der Waals surface area contributed by atoms with Crippen LogP contribution in [0.15, 0.2) is 47.4 Å². The summed E-state index contributed by atoms with van der Waals surface area (Å²) in [7, 11) is -4.25. The summed E-state index contributed by atoms with van der Waals surface area (Å²) < 4.78 is 30.9. The van der Waals surface area contributed by atoms with Gasteiger partial charge in [0.15, 0.2) is 0 Å². The van der Waals surface area contributed by atoms with Crippen molar-refractivity contribution in [2.24, 2.45) is 5.92 Å². The van der Waals surface area contributed by atoms with E-state index >= 15 is 0 Å². The molecule has 2 aromatic carbocycles. The Morgan fingerprint density at radius 1 is 1.18 bits per heavy atom. The van der Waals surface area contributed by atoms with Gasteiger partial charge >= 0.3 is 10.1 Å². The molecule has 0 bridgehead atoms. The number of nitro benzene ring substituents is 1. The van der Waals surface area contributed by atoms with E-state index in [0.29, 0.717) is 5.92 Å². The van der Waals surface area contributed by atoms with E-state index in [9.17, 15) is 18.5 Å². The highest BCUT2D eigenvalue weighted by molar-refractivity contribution is 7.87. The van der Waals surface area contributed by atoms with E-state index in [1.54, 1.807) is 12.1 Å². The van der Waals surface area contributed by atoms with Crippen molar-refractivity contribution in [3.8, 4) is 5.75 Å². The minimum Gasteiger partial charge on any atom is -0.379 e. The zero-order valence-corrected chi connectivity index (χ0v) is 17.7. The van der Waals surface area contributed by atoms with E-state index in [0.717, 1.165) is 30.9 Å². The van der Waals surface area contributed by atoms with Crippen LogP contribution < -0.4 is 4.18 Å². The SMILES string of the molecule is CCCC(CC(C)C)c1ccccc1OS(=O)(=O)c1ccc(Cl)c([N+](=O)[O-])c1. The molecule has 28 heavy (non-hydrogen) atoms. The normalized spacial score (nSPS) is 12.8. The van der Waals surface area contributed by atoms with E-state index in [1.165, 1.54) is 12.1 Å². The monoisotopic (exact) mass is 425 g/mol. The summed E-state index contributed by atoms with van der Waals surface area (Å²) in [5.41, 5.74) is 0.341. The van der Waals surface area contributed by atoms with Gasteiger partial charge in [0.1, 0.15) is 15.7 Å². The Kier molecular flexibility index (Phi) is 7.43. The second-order valence-corrected chi connectivity index (χ2v) is 9.01. The molecule has 0 spiro atoms. The molecule has 1 atom stereocenters. The summed E-state index contributed by atoms with van der Waals surface area (Å²) >= 11 is 5.77. The highest BCUT2D eigenvalue weighted by Crippen LogP contribution is 2.36. The van der Waals surface area contributed by atoms with E-state index in [1.807, 2.05) is 12.1 Å². The Morgan fingerprint density at radius 2 is 1.86 bits per heavy atom. The molecular formula is C20H24ClNO5S. The number of nitro groups is 1. The lowest BCUT2D eigenvalue weighted by Gasteiger charge is -2.21. The predicted octanol–water partition coefficient (Wildman–Crippen LogP) is 5.95. The Bertz CT molecular complexity index is 943. The molecule has 0 N–H and O–H groups in total. The Morgan fingerprint density at radius 3 is 2.46 bits per heavy atom. The molecule has 0 aliphatic rings. The van der Waals surface area contributed by atoms with Crippen LogP contribution in [0.2, 0.25) is 5.02 Å². The third-order valence-electron chi connectivity index (χ3n) is 4.35. The minimum absolute atomic E-state index is 0.135. The van der Waals surface area contributed by atoms with Crippen molar-refractivity contribution in [3.63, 3.8) is 0 Å². The molecule has 0 saturated heterocycles. The fourth-order valence-electron chi connectivity index (χ4n) is 3.17. The fourth-order valence-corrected chi connectivity index (χ4v) is 4.33. The van der Waals surface area contributed by atoms with E-state index in [4.69, 9.17) is 15.8 Å². The number of nitrogens with zero attached hydrogens (tertiary/aromatic N) is 1. The molecule has 0 aromatic heterocycles. The van der Waals surface area contributed by atoms with Crippen LogP contribution in [-0.4, -0.2) is 13.3 Å². The van der Waals surface area contributed by atoms with Crippen molar-refractivity contribution < 1.29 is 17.5 Å². The summed E-state index contributed by atoms with van der Waals surface area (Å²) in [4.78, 5) is 10.0. The summed E-state index contributed by atoms with van der Waals surface area (Å²) in [6.07, 6.45) is 2.77. The first kappa shape index (κ1) is 22.2. The lowest BCUT2D eigenvalue weighted by Crippen LogP contribution is -2.13. The summed E-state index contributed by atoms with van der Waals surface area (Å²) in [5.74, 6) is 0.857. The molecule has 6 nitrogen and oxygen atoms in total. The van der Waals surface area contributed by atoms with Crippen molar-refractivity contribution in [1.82, 2.24) is 0 Å². The van der Waals surface area contributed by atoms with Crippen molar-refractivity contribution in [2.45, 2.75) is 50.8 Å². The van der Waals surface area contributed by atoms with Gasteiger partial charge in [0.05, 0.1) is 4.92 Å². The van der Waals surface area contributed by atoms with Crippen molar-refractivity contribution in [2.75, 3.05) is 0 Å². The standard InChI is InChI=1S/C20H24ClNO5S/c1-4-7-15(12-14(2)3)17-8-5-6-9-20(17)27-28(25,26)16-10-11-18(21)19(13-16)22(23)24/h5-6,8-11,13-15H,4,7,12H2,1-3H3. The maximum Gasteiger partial charge on any atom is 0.339 e. The van der Waals surface area contributed by atoms with E-state index < -0.39 is 20.7 Å². The number of hydrogen-bond donors (Lipinski definition) is 0. The Balaban J connectivity index is 2.42. The Labute approximate surface area is 170 Å². The largest absolute Gasteiger partial charge is 0.379 e. The van der Waals surface area contributed by atoms with Crippen LogP contribution in [0.25, 0.3) is 0 Å². The summed E-state index contributed by atoms with van der Waals surface area (Å²) in [5, 5.41) is 10.9. The number of benzene rings is 2. The van der Waals surface area contributed by atoms with Crippen molar-refractivity contribution >= 4 is 27.4 Å². The molecule has 0 heterocycles. The average Bonchev–Trinajstić information content (AvgIpc) is 2.61. The third-order valence-corrected chi connectivity index (χ3v) is 5.90. The van der Waals surface area contributed by atoms with Crippen LogP contribution >= 0.6 is 11.6 Å². The van der Waals surface area contributed by atoms with Gasteiger partial charge in [-0.25, -0.2) is 0 Å². The highest BCUT2D eigenvalue weighted by Gasteiger charge is 2.25. The van der Waals surface area contributed by atoms with Gasteiger partial charge in [-0.15, -0.1) is 0 Å². The van der Waals surface area contributed by atoms with Crippen LogP contribution in [0, 0.1) is 16.0 Å². The van der Waals surface area contributed by atoms with Crippen molar-refractivity contribution in [3.05, 3.63) is 63.2 Å². The van der Waals surface area contributed by atoms with Crippen molar-refractivity contribution in [1.29, 1.82) is 0 Å². The molecule has 152 valence electrons. The fraction of sp³-hybridized carbons (Fsp3) is 0.400. The van der Waals surface area contributed by atoms with E-state index in [-0.39, 0.29) is 21.6 Å². The van der Waals surface area contributed by atoms with Gasteiger partial charge in [0.2, 0.25) is 0 Å². The third kappa shape index (κ3) is 5.45. The van der Waals surface area contributed by atoms with Crippen LogP contribution in [-0.2, 0) is 10.1 Å². The topological polar surface area (TPSA) is 86.5 Å². The van der Waals surface area contributed by atoms with Gasteiger partial charge in [0.25, 0.3) is 5.69 Å².